The van der Waals surface area contributed by atoms with Crippen LogP contribution < -0.4 is 0 Å². The van der Waals surface area contributed by atoms with Crippen LogP contribution in [-0.2, 0) is 26.1 Å². The van der Waals surface area contributed by atoms with Gasteiger partial charge in [0.1, 0.15) is 11.6 Å². The number of nitrogens with zero attached hydrogens (tertiary/aromatic N) is 3. The second kappa shape index (κ2) is 9.91. The molecule has 1 unspecified atom stereocenters. The Labute approximate surface area is 177 Å². The number of methoxy groups -OCH3 is 1. The van der Waals surface area contributed by atoms with Crippen molar-refractivity contribution >= 4 is 10.0 Å². The standard InChI is InChI=1S/C21H28FN3O4S/c1-15-11-19(6-7-20(15)22)30(26,27)25-8-4-5-17(13-25)21-18(12-23-16(2)24-21)14-29-10-9-28-3/h6-7,11-12,17H,4-5,8-10,13-14H2,1-3H3. The van der Waals surface area contributed by atoms with E-state index < -0.39 is 15.8 Å². The first-order valence-electron chi connectivity index (χ1n) is 9.98. The van der Waals surface area contributed by atoms with E-state index in [4.69, 9.17) is 9.47 Å². The van der Waals surface area contributed by atoms with Gasteiger partial charge in [-0.25, -0.2) is 22.8 Å². The first-order chi connectivity index (χ1) is 14.3. The SMILES string of the molecule is COCCOCc1cnc(C)nc1C1CCCN(S(=O)(=O)c2ccc(F)c(C)c2)C1. The Morgan fingerprint density at radius 3 is 2.80 bits per heavy atom. The molecule has 3 rings (SSSR count). The van der Waals surface area contributed by atoms with Crippen LogP contribution in [0.3, 0.4) is 0 Å². The van der Waals surface area contributed by atoms with Gasteiger partial charge in [0.25, 0.3) is 0 Å². The van der Waals surface area contributed by atoms with Crippen molar-refractivity contribution in [1.29, 1.82) is 0 Å². The lowest BCUT2D eigenvalue weighted by molar-refractivity contribution is 0.0608. The highest BCUT2D eigenvalue weighted by Gasteiger charge is 2.32. The molecule has 0 N–H and O–H groups in total. The molecular weight excluding hydrogens is 409 g/mol. The number of aryl methyl sites for hydroxylation is 2. The second-order valence-corrected chi connectivity index (χ2v) is 9.42. The van der Waals surface area contributed by atoms with Crippen LogP contribution in [0, 0.1) is 19.7 Å². The second-order valence-electron chi connectivity index (χ2n) is 7.49. The highest BCUT2D eigenvalue weighted by atomic mass is 32.2. The van der Waals surface area contributed by atoms with E-state index in [-0.39, 0.29) is 10.8 Å². The third kappa shape index (κ3) is 5.21. The molecule has 2 aromatic rings. The molecule has 9 heteroatoms. The number of sulfonamides is 1. The first-order valence-corrected chi connectivity index (χ1v) is 11.4. The van der Waals surface area contributed by atoms with Gasteiger partial charge in [-0.3, -0.25) is 0 Å². The van der Waals surface area contributed by atoms with Gasteiger partial charge in [-0.1, -0.05) is 0 Å². The lowest BCUT2D eigenvalue weighted by Gasteiger charge is -2.32. The van der Waals surface area contributed by atoms with Crippen LogP contribution in [0.1, 0.15) is 41.4 Å². The Bertz CT molecular complexity index is 984. The number of benzene rings is 1. The summed E-state index contributed by atoms with van der Waals surface area (Å²) in [5, 5.41) is 0. The molecule has 1 atom stereocenters. The number of rotatable bonds is 8. The third-order valence-corrected chi connectivity index (χ3v) is 7.11. The van der Waals surface area contributed by atoms with Gasteiger partial charge in [0.2, 0.25) is 10.0 Å². The fourth-order valence-corrected chi connectivity index (χ4v) is 5.22. The molecular formula is C21H28FN3O4S. The molecule has 0 aliphatic carbocycles. The Morgan fingerprint density at radius 1 is 1.27 bits per heavy atom. The van der Waals surface area contributed by atoms with E-state index in [9.17, 15) is 12.8 Å². The molecule has 7 nitrogen and oxygen atoms in total. The van der Waals surface area contributed by atoms with Gasteiger partial charge in [-0.05, 0) is 50.5 Å². The topological polar surface area (TPSA) is 81.6 Å². The minimum Gasteiger partial charge on any atom is -0.382 e. The molecule has 1 aromatic heterocycles. The van der Waals surface area contributed by atoms with Gasteiger partial charge < -0.3 is 9.47 Å². The van der Waals surface area contributed by atoms with Crippen LogP contribution in [0.5, 0.6) is 0 Å². The van der Waals surface area contributed by atoms with E-state index in [1.807, 2.05) is 6.92 Å². The third-order valence-electron chi connectivity index (χ3n) is 5.25. The number of ether oxygens (including phenoxy) is 2. The van der Waals surface area contributed by atoms with E-state index in [1.165, 1.54) is 22.5 Å². The van der Waals surface area contributed by atoms with Crippen LogP contribution in [0.15, 0.2) is 29.3 Å². The molecule has 30 heavy (non-hydrogen) atoms. The number of piperidine rings is 1. The van der Waals surface area contributed by atoms with Crippen molar-refractivity contribution in [1.82, 2.24) is 14.3 Å². The average molecular weight is 438 g/mol. The van der Waals surface area contributed by atoms with Crippen LogP contribution in [0.2, 0.25) is 0 Å². The predicted molar refractivity (Wildman–Crippen MR) is 110 cm³/mol. The highest BCUT2D eigenvalue weighted by Crippen LogP contribution is 2.31. The van der Waals surface area contributed by atoms with Crippen LogP contribution in [-0.4, -0.2) is 56.1 Å². The van der Waals surface area contributed by atoms with Crippen molar-refractivity contribution in [2.24, 2.45) is 0 Å². The van der Waals surface area contributed by atoms with E-state index in [0.29, 0.717) is 44.3 Å². The van der Waals surface area contributed by atoms with Crippen molar-refractivity contribution in [3.05, 3.63) is 52.9 Å². The van der Waals surface area contributed by atoms with Gasteiger partial charge in [0.15, 0.2) is 0 Å². The summed E-state index contributed by atoms with van der Waals surface area (Å²) in [5.41, 5.74) is 2.00. The number of hydrogen-bond acceptors (Lipinski definition) is 6. The molecule has 1 aliphatic rings. The maximum Gasteiger partial charge on any atom is 0.243 e. The Kier molecular flexibility index (Phi) is 7.51. The fourth-order valence-electron chi connectivity index (χ4n) is 3.61. The number of hydrogen-bond donors (Lipinski definition) is 0. The van der Waals surface area contributed by atoms with Gasteiger partial charge in [0, 0.05) is 37.9 Å². The summed E-state index contributed by atoms with van der Waals surface area (Å²) >= 11 is 0. The molecule has 164 valence electrons. The molecule has 0 spiro atoms. The molecule has 1 aliphatic heterocycles. The molecule has 0 amide bonds. The molecule has 1 saturated heterocycles. The average Bonchev–Trinajstić information content (AvgIpc) is 2.74. The highest BCUT2D eigenvalue weighted by molar-refractivity contribution is 7.89. The van der Waals surface area contributed by atoms with Crippen molar-refractivity contribution < 1.29 is 22.3 Å². The number of halogens is 1. The minimum absolute atomic E-state index is 0.0576. The maximum atomic E-state index is 13.6. The van der Waals surface area contributed by atoms with Crippen LogP contribution in [0.4, 0.5) is 4.39 Å². The van der Waals surface area contributed by atoms with E-state index in [0.717, 1.165) is 24.1 Å². The fraction of sp³-hybridized carbons (Fsp3) is 0.524. The maximum absolute atomic E-state index is 13.6. The largest absolute Gasteiger partial charge is 0.382 e. The Hall–Kier alpha value is -1.94. The normalized spacial score (nSPS) is 17.9. The summed E-state index contributed by atoms with van der Waals surface area (Å²) in [4.78, 5) is 9.01. The zero-order chi connectivity index (χ0) is 21.7. The van der Waals surface area contributed by atoms with E-state index in [1.54, 1.807) is 20.2 Å². The van der Waals surface area contributed by atoms with Gasteiger partial charge in [-0.2, -0.15) is 4.31 Å². The van der Waals surface area contributed by atoms with E-state index in [2.05, 4.69) is 9.97 Å². The lowest BCUT2D eigenvalue weighted by atomic mass is 9.93. The van der Waals surface area contributed by atoms with Crippen molar-refractivity contribution in [2.45, 2.75) is 44.1 Å². The molecule has 1 aromatic carbocycles. The molecule has 2 heterocycles. The van der Waals surface area contributed by atoms with Crippen molar-refractivity contribution in [2.75, 3.05) is 33.4 Å². The quantitative estimate of drug-likeness (QED) is 0.591. The summed E-state index contributed by atoms with van der Waals surface area (Å²) < 4.78 is 52.0. The molecule has 0 bridgehead atoms. The summed E-state index contributed by atoms with van der Waals surface area (Å²) in [5.74, 6) is 0.164. The van der Waals surface area contributed by atoms with Crippen molar-refractivity contribution in [3.8, 4) is 0 Å². The van der Waals surface area contributed by atoms with Gasteiger partial charge in [-0.15, -0.1) is 0 Å². The monoisotopic (exact) mass is 437 g/mol. The van der Waals surface area contributed by atoms with Gasteiger partial charge >= 0.3 is 0 Å². The smallest absolute Gasteiger partial charge is 0.243 e. The van der Waals surface area contributed by atoms with Crippen molar-refractivity contribution in [3.63, 3.8) is 0 Å². The minimum atomic E-state index is -3.71. The zero-order valence-corrected chi connectivity index (χ0v) is 18.4. The Morgan fingerprint density at radius 2 is 2.07 bits per heavy atom. The predicted octanol–water partition coefficient (Wildman–Crippen LogP) is 2.96. The summed E-state index contributed by atoms with van der Waals surface area (Å²) in [6.07, 6.45) is 3.30. The molecule has 1 fully saturated rings. The van der Waals surface area contributed by atoms with Crippen LogP contribution >= 0.6 is 0 Å². The zero-order valence-electron chi connectivity index (χ0n) is 17.6. The first kappa shape index (κ1) is 22.7. The Balaban J connectivity index is 1.82. The van der Waals surface area contributed by atoms with E-state index >= 15 is 0 Å². The molecule has 0 saturated carbocycles. The summed E-state index contributed by atoms with van der Waals surface area (Å²) in [7, 11) is -2.10. The summed E-state index contributed by atoms with van der Waals surface area (Å²) in [6.45, 7) is 5.43. The van der Waals surface area contributed by atoms with Crippen LogP contribution in [0.25, 0.3) is 0 Å². The lowest BCUT2D eigenvalue weighted by Crippen LogP contribution is -2.39. The van der Waals surface area contributed by atoms with Gasteiger partial charge in [0.05, 0.1) is 30.4 Å². The number of aromatic nitrogens is 2. The molecule has 0 radical (unpaired) electrons. The summed E-state index contributed by atoms with van der Waals surface area (Å²) in [6, 6.07) is 3.91.